The molecule has 0 spiro atoms. The maximum atomic E-state index is 8.62. The summed E-state index contributed by atoms with van der Waals surface area (Å²) in [7, 11) is 0. The summed E-state index contributed by atoms with van der Waals surface area (Å²) in [5, 5.41) is 7.91. The molecule has 2 N–H and O–H groups in total. The largest absolute Gasteiger partial charge is 0.278 e. The summed E-state index contributed by atoms with van der Waals surface area (Å²) < 4.78 is 14.3. The predicted molar refractivity (Wildman–Crippen MR) is 49.7 cm³/mol. The summed E-state index contributed by atoms with van der Waals surface area (Å²) in [4.78, 5) is 0. The maximum absolute atomic E-state index is 8.62. The second-order valence-electron chi connectivity index (χ2n) is 2.06. The molecule has 0 atom stereocenters. The molecule has 0 unspecified atom stereocenters. The van der Waals surface area contributed by atoms with Gasteiger partial charge in [-0.3, -0.25) is 14.1 Å². The minimum absolute atomic E-state index is 0.917. The Kier molecular flexibility index (Phi) is 3.28. The second-order valence-corrected chi connectivity index (χ2v) is 2.26. The van der Waals surface area contributed by atoms with Crippen molar-refractivity contribution in [1.82, 2.24) is 10.2 Å². The van der Waals surface area contributed by atoms with E-state index >= 15 is 0 Å². The number of aromatic nitrogens is 2. The predicted octanol–water partition coefficient (Wildman–Crippen LogP) is 0.989. The molecule has 2 aromatic rings. The summed E-state index contributed by atoms with van der Waals surface area (Å²) in [5.41, 5.74) is 1.09. The molecule has 0 fully saturated rings. The molecule has 4 nitrogen and oxygen atoms in total. The topological polar surface area (TPSA) is 69.6 Å². The van der Waals surface area contributed by atoms with E-state index in [2.05, 4.69) is 10.2 Å². The fraction of sp³-hybridized carbons (Fsp3) is 0. The van der Waals surface area contributed by atoms with E-state index in [1.54, 1.807) is 0 Å². The third-order valence-electron chi connectivity index (χ3n) is 1.35. The lowest BCUT2D eigenvalue weighted by atomic mass is 10.3. The lowest BCUT2D eigenvalue weighted by molar-refractivity contribution is 0.697. The smallest absolute Gasteiger partial charge is 0.0650 e. The Balaban J connectivity index is 0.000000213. The van der Waals surface area contributed by atoms with Crippen molar-refractivity contribution in [3.8, 4) is 0 Å². The standard InChI is InChI=1S/C7H6N2.H3NOS/c1-2-4-7-6(3-1)5-8-9-7;1-3-2/h1-5H,(H,8,9);1H,3H2. The van der Waals surface area contributed by atoms with Gasteiger partial charge in [0.25, 0.3) is 0 Å². The first-order valence-corrected chi connectivity index (χ1v) is 4.21. The molecule has 1 heterocycles. The van der Waals surface area contributed by atoms with E-state index in [0.717, 1.165) is 10.9 Å². The molecule has 64 valence electrons. The number of hydrogen-bond acceptors (Lipinski definition) is 3. The van der Waals surface area contributed by atoms with Crippen LogP contribution in [0.25, 0.3) is 10.9 Å². The highest BCUT2D eigenvalue weighted by atomic mass is 32.1. The van der Waals surface area contributed by atoms with Crippen molar-refractivity contribution < 1.29 is 4.21 Å². The van der Waals surface area contributed by atoms with Gasteiger partial charge in [0.05, 0.1) is 11.7 Å². The normalized spacial score (nSPS) is 10.0. The van der Waals surface area contributed by atoms with Crippen LogP contribution in [0.15, 0.2) is 30.5 Å². The van der Waals surface area contributed by atoms with Crippen molar-refractivity contribution in [3.05, 3.63) is 30.5 Å². The Labute approximate surface area is 72.6 Å². The van der Waals surface area contributed by atoms with Crippen LogP contribution in [0, 0.1) is 4.78 Å². The average molecular weight is 183 g/mol. The average Bonchev–Trinajstić information content (AvgIpc) is 2.52. The number of para-hydroxylation sites is 1. The SMILES string of the molecule is N=[SH2]=O.c1ccc2[nH]ncc2c1. The van der Waals surface area contributed by atoms with Crippen LogP contribution in [0.1, 0.15) is 0 Å². The summed E-state index contributed by atoms with van der Waals surface area (Å²) in [6.07, 6.45) is 1.81. The number of nitrogens with one attached hydrogen (secondary N) is 2. The summed E-state index contributed by atoms with van der Waals surface area (Å²) in [6.45, 7) is 0. The van der Waals surface area contributed by atoms with Crippen LogP contribution in [0.5, 0.6) is 0 Å². The van der Waals surface area contributed by atoms with Gasteiger partial charge in [0.2, 0.25) is 0 Å². The van der Waals surface area contributed by atoms with Crippen molar-refractivity contribution in [3.63, 3.8) is 0 Å². The number of hydrogen-bond donors (Lipinski definition) is 2. The van der Waals surface area contributed by atoms with Gasteiger partial charge in [-0.15, -0.1) is 0 Å². The maximum Gasteiger partial charge on any atom is 0.0650 e. The highest BCUT2D eigenvalue weighted by Crippen LogP contribution is 2.06. The Morgan fingerprint density at radius 3 is 2.75 bits per heavy atom. The Bertz CT molecular complexity index is 362. The molecule has 0 bridgehead atoms. The monoisotopic (exact) mass is 183 g/mol. The van der Waals surface area contributed by atoms with Gasteiger partial charge in [0.1, 0.15) is 0 Å². The first-order chi connectivity index (χ1) is 5.88. The molecule has 5 heteroatoms. The zero-order chi connectivity index (χ0) is 8.81. The van der Waals surface area contributed by atoms with E-state index in [-0.39, 0.29) is 0 Å². The Hall–Kier alpha value is -1.36. The van der Waals surface area contributed by atoms with Crippen LogP contribution in [0.4, 0.5) is 0 Å². The molecular formula is C7H9N3OS. The number of benzene rings is 1. The zero-order valence-electron chi connectivity index (χ0n) is 6.24. The molecule has 0 aliphatic carbocycles. The molecule has 1 aromatic carbocycles. The third-order valence-corrected chi connectivity index (χ3v) is 1.35. The number of aromatic amines is 1. The van der Waals surface area contributed by atoms with Crippen molar-refractivity contribution in [2.45, 2.75) is 0 Å². The first-order valence-electron chi connectivity index (χ1n) is 3.30. The molecule has 0 saturated carbocycles. The van der Waals surface area contributed by atoms with Gasteiger partial charge in [0.15, 0.2) is 0 Å². The van der Waals surface area contributed by atoms with Gasteiger partial charge >= 0.3 is 0 Å². The van der Waals surface area contributed by atoms with Gasteiger partial charge in [-0.05, 0) is 6.07 Å². The van der Waals surface area contributed by atoms with Crippen LogP contribution >= 0.6 is 0 Å². The van der Waals surface area contributed by atoms with Crippen LogP contribution in [0.3, 0.4) is 0 Å². The highest BCUT2D eigenvalue weighted by molar-refractivity contribution is 7.53. The van der Waals surface area contributed by atoms with Crippen LogP contribution in [0.2, 0.25) is 0 Å². The molecule has 2 rings (SSSR count). The summed E-state index contributed by atoms with van der Waals surface area (Å²) in [5.74, 6) is 0. The van der Waals surface area contributed by atoms with Crippen molar-refractivity contribution >= 4 is 22.4 Å². The summed E-state index contributed by atoms with van der Waals surface area (Å²) >= 11 is -0.917. The van der Waals surface area contributed by atoms with Crippen molar-refractivity contribution in [2.24, 2.45) is 0 Å². The molecule has 0 saturated heterocycles. The fourth-order valence-electron chi connectivity index (χ4n) is 0.883. The Morgan fingerprint density at radius 2 is 2.08 bits per heavy atom. The molecule has 1 aromatic heterocycles. The van der Waals surface area contributed by atoms with E-state index in [1.165, 1.54) is 0 Å². The van der Waals surface area contributed by atoms with Gasteiger partial charge < -0.3 is 0 Å². The minimum Gasteiger partial charge on any atom is -0.278 e. The third kappa shape index (κ3) is 2.06. The minimum atomic E-state index is -0.917. The summed E-state index contributed by atoms with van der Waals surface area (Å²) in [6, 6.07) is 8.01. The number of fused-ring (bicyclic) bond motifs is 1. The second kappa shape index (κ2) is 4.50. The molecule has 0 aliphatic rings. The van der Waals surface area contributed by atoms with E-state index in [0.29, 0.717) is 0 Å². The van der Waals surface area contributed by atoms with E-state index in [1.807, 2.05) is 30.5 Å². The van der Waals surface area contributed by atoms with E-state index in [9.17, 15) is 0 Å². The van der Waals surface area contributed by atoms with Crippen LogP contribution in [-0.2, 0) is 11.5 Å². The molecule has 0 radical (unpaired) electrons. The molecular weight excluding hydrogens is 174 g/mol. The number of rotatable bonds is 0. The van der Waals surface area contributed by atoms with Crippen molar-refractivity contribution in [1.29, 1.82) is 4.78 Å². The van der Waals surface area contributed by atoms with Crippen molar-refractivity contribution in [2.75, 3.05) is 0 Å². The van der Waals surface area contributed by atoms with E-state index < -0.39 is 11.5 Å². The fourth-order valence-corrected chi connectivity index (χ4v) is 0.883. The van der Waals surface area contributed by atoms with Gasteiger partial charge in [0, 0.05) is 16.8 Å². The zero-order valence-corrected chi connectivity index (χ0v) is 7.24. The van der Waals surface area contributed by atoms with Gasteiger partial charge in [-0.1, -0.05) is 18.2 Å². The molecule has 12 heavy (non-hydrogen) atoms. The van der Waals surface area contributed by atoms with Crippen LogP contribution < -0.4 is 0 Å². The Morgan fingerprint density at radius 1 is 1.42 bits per heavy atom. The molecule has 0 amide bonds. The lowest BCUT2D eigenvalue weighted by Gasteiger charge is -1.81. The van der Waals surface area contributed by atoms with Gasteiger partial charge in [-0.25, -0.2) is 0 Å². The number of H-pyrrole nitrogens is 1. The van der Waals surface area contributed by atoms with Crippen LogP contribution in [-0.4, -0.2) is 14.4 Å². The van der Waals surface area contributed by atoms with Gasteiger partial charge in [-0.2, -0.15) is 5.10 Å². The quantitative estimate of drug-likeness (QED) is 0.639. The lowest BCUT2D eigenvalue weighted by Crippen LogP contribution is -1.63. The van der Waals surface area contributed by atoms with E-state index in [4.69, 9.17) is 8.99 Å². The molecule has 0 aliphatic heterocycles. The number of nitrogens with zero attached hydrogens (tertiary/aromatic N) is 1. The first kappa shape index (κ1) is 8.73. The highest BCUT2D eigenvalue weighted by Gasteiger charge is 1.88.